The predicted octanol–water partition coefficient (Wildman–Crippen LogP) is 1.41. The molecule has 0 aliphatic heterocycles. The molecule has 0 heterocycles. The van der Waals surface area contributed by atoms with Crippen LogP contribution >= 0.6 is 23.5 Å². The van der Waals surface area contributed by atoms with Gasteiger partial charge < -0.3 is 21.2 Å². The van der Waals surface area contributed by atoms with E-state index in [0.29, 0.717) is 49.6 Å². The lowest BCUT2D eigenvalue weighted by molar-refractivity contribution is -0.131. The maximum atomic E-state index is 12.8. The molecule has 4 N–H and O–H groups in total. The van der Waals surface area contributed by atoms with Crippen molar-refractivity contribution in [3.8, 4) is 0 Å². The fourth-order valence-corrected chi connectivity index (χ4v) is 3.74. The number of hydrogen-bond donors (Lipinski definition) is 3. The van der Waals surface area contributed by atoms with Gasteiger partial charge in [0.2, 0.25) is 11.8 Å². The Morgan fingerprint density at radius 1 is 1.00 bits per heavy atom. The summed E-state index contributed by atoms with van der Waals surface area (Å²) in [6.45, 7) is 3.58. The van der Waals surface area contributed by atoms with Gasteiger partial charge in [0.15, 0.2) is 5.78 Å². The van der Waals surface area contributed by atoms with Gasteiger partial charge >= 0.3 is 0 Å². The van der Waals surface area contributed by atoms with Crippen LogP contribution in [0.3, 0.4) is 0 Å². The monoisotopic (exact) mass is 460 g/mol. The molecule has 0 unspecified atom stereocenters. The molecule has 30 heavy (non-hydrogen) atoms. The highest BCUT2D eigenvalue weighted by molar-refractivity contribution is 7.98. The lowest BCUT2D eigenvalue weighted by atomic mass is 9.94. The second kappa shape index (κ2) is 17.2. The minimum atomic E-state index is -0.682. The fraction of sp³-hybridized carbons (Fsp3) is 0.750. The maximum Gasteiger partial charge on any atom is 0.243 e. The number of aliphatic imine (C=N–C) groups is 1. The number of Topliss-reactive ketones (excluding diaryl/α,β-unsaturated/α-hetero) is 1. The Labute approximate surface area is 188 Å². The summed E-state index contributed by atoms with van der Waals surface area (Å²) in [5, 5.41) is 5.45. The molecule has 0 bridgehead atoms. The predicted molar refractivity (Wildman–Crippen MR) is 126 cm³/mol. The Balaban J connectivity index is 5.01. The van der Waals surface area contributed by atoms with Gasteiger partial charge in [0.05, 0.1) is 11.9 Å². The zero-order chi connectivity index (χ0) is 22.9. The molecule has 0 saturated carbocycles. The van der Waals surface area contributed by atoms with Crippen LogP contribution in [0.1, 0.15) is 46.0 Å². The normalized spacial score (nSPS) is 14.5. The summed E-state index contributed by atoms with van der Waals surface area (Å²) < 4.78 is 0. The van der Waals surface area contributed by atoms with Crippen molar-refractivity contribution in [1.82, 2.24) is 10.6 Å². The van der Waals surface area contributed by atoms with Crippen molar-refractivity contribution in [2.45, 2.75) is 58.0 Å². The van der Waals surface area contributed by atoms with Crippen LogP contribution in [-0.2, 0) is 19.2 Å². The largest absolute Gasteiger partial charge is 0.388 e. The second-order valence-electron chi connectivity index (χ2n) is 7.11. The van der Waals surface area contributed by atoms with Crippen LogP contribution in [0, 0.1) is 5.92 Å². The minimum absolute atomic E-state index is 0.0732. The quantitative estimate of drug-likeness (QED) is 0.129. The van der Waals surface area contributed by atoms with Gasteiger partial charge in [-0.15, -0.1) is 0 Å². The van der Waals surface area contributed by atoms with E-state index in [-0.39, 0.29) is 24.0 Å². The molecular formula is C20H36N4O4S2. The van der Waals surface area contributed by atoms with Crippen LogP contribution in [0.15, 0.2) is 4.99 Å². The molecule has 0 saturated heterocycles. The number of aldehydes is 1. The highest BCUT2D eigenvalue weighted by Crippen LogP contribution is 2.14. The van der Waals surface area contributed by atoms with E-state index in [4.69, 9.17) is 5.73 Å². The van der Waals surface area contributed by atoms with Crippen molar-refractivity contribution < 1.29 is 19.2 Å². The standard InChI is InChI=1S/C20H36N4O4S2/c1-14(21)22-9-5-6-16(13-25)12-19(27)17(7-10-29-3)24-20(28)18(8-11-30-4)23-15(2)26/h13,16-18H,5-12H2,1-4H3,(H2,21,22)(H,23,26)(H,24,28)/t16-,17+,18+/m1/s1. The number of carbonyl (C=O) groups excluding carboxylic acids is 4. The van der Waals surface area contributed by atoms with Crippen LogP contribution in [0.25, 0.3) is 0 Å². The number of ketones is 1. The zero-order valence-electron chi connectivity index (χ0n) is 18.4. The first-order valence-corrected chi connectivity index (χ1v) is 12.8. The summed E-state index contributed by atoms with van der Waals surface area (Å²) >= 11 is 3.16. The second-order valence-corrected chi connectivity index (χ2v) is 9.08. The Hall–Kier alpha value is -1.55. The van der Waals surface area contributed by atoms with E-state index in [1.165, 1.54) is 6.92 Å². The SMILES string of the molecule is CSCC[C@H](NC(=O)[C@H](CCSC)NC(C)=O)C(=O)C[C@H](C=O)CCCN=C(C)N. The van der Waals surface area contributed by atoms with E-state index < -0.39 is 18.0 Å². The van der Waals surface area contributed by atoms with Crippen molar-refractivity contribution in [3.05, 3.63) is 0 Å². The lowest BCUT2D eigenvalue weighted by Gasteiger charge is -2.23. The van der Waals surface area contributed by atoms with Gasteiger partial charge in [0, 0.05) is 25.8 Å². The smallest absolute Gasteiger partial charge is 0.243 e. The van der Waals surface area contributed by atoms with E-state index in [1.54, 1.807) is 30.4 Å². The first kappa shape index (κ1) is 28.5. The molecule has 10 heteroatoms. The third kappa shape index (κ3) is 13.6. The summed E-state index contributed by atoms with van der Waals surface area (Å²) in [6.07, 6.45) is 6.87. The molecule has 0 aromatic heterocycles. The highest BCUT2D eigenvalue weighted by Gasteiger charge is 2.27. The van der Waals surface area contributed by atoms with E-state index in [0.717, 1.165) is 6.29 Å². The van der Waals surface area contributed by atoms with Crippen LogP contribution in [0.5, 0.6) is 0 Å². The number of carbonyl (C=O) groups is 4. The van der Waals surface area contributed by atoms with Crippen LogP contribution in [0.4, 0.5) is 0 Å². The molecule has 0 aliphatic rings. The maximum absolute atomic E-state index is 12.8. The van der Waals surface area contributed by atoms with E-state index in [1.807, 2.05) is 12.5 Å². The van der Waals surface area contributed by atoms with Gasteiger partial charge in [-0.3, -0.25) is 19.4 Å². The molecule has 0 fully saturated rings. The fourth-order valence-electron chi connectivity index (χ4n) is 2.80. The summed E-state index contributed by atoms with van der Waals surface area (Å²) in [4.78, 5) is 52.5. The van der Waals surface area contributed by atoms with Crippen molar-refractivity contribution in [3.63, 3.8) is 0 Å². The number of rotatable bonds is 17. The highest BCUT2D eigenvalue weighted by atomic mass is 32.2. The van der Waals surface area contributed by atoms with Gasteiger partial charge in [0.1, 0.15) is 12.3 Å². The molecule has 0 aromatic rings. The van der Waals surface area contributed by atoms with Crippen LogP contribution < -0.4 is 16.4 Å². The van der Waals surface area contributed by atoms with Crippen molar-refractivity contribution >= 4 is 53.2 Å². The average Bonchev–Trinajstić information content (AvgIpc) is 2.69. The van der Waals surface area contributed by atoms with Gasteiger partial charge in [-0.1, -0.05) is 0 Å². The average molecular weight is 461 g/mol. The first-order chi connectivity index (χ1) is 14.2. The van der Waals surface area contributed by atoms with Gasteiger partial charge in [-0.2, -0.15) is 23.5 Å². The Bertz CT molecular complexity index is 583. The molecule has 0 rings (SSSR count). The molecule has 0 radical (unpaired) electrons. The number of nitrogens with two attached hydrogens (primary N) is 1. The number of nitrogens with zero attached hydrogens (tertiary/aromatic N) is 1. The Morgan fingerprint density at radius 3 is 2.10 bits per heavy atom. The number of amidine groups is 1. The molecule has 0 aliphatic carbocycles. The van der Waals surface area contributed by atoms with E-state index >= 15 is 0 Å². The third-order valence-corrected chi connectivity index (χ3v) is 5.66. The molecular weight excluding hydrogens is 424 g/mol. The van der Waals surface area contributed by atoms with Crippen molar-refractivity contribution in [2.75, 3.05) is 30.6 Å². The minimum Gasteiger partial charge on any atom is -0.388 e. The molecule has 8 nitrogen and oxygen atoms in total. The van der Waals surface area contributed by atoms with Gasteiger partial charge in [-0.25, -0.2) is 0 Å². The van der Waals surface area contributed by atoms with Gasteiger partial charge in [0.25, 0.3) is 0 Å². The third-order valence-electron chi connectivity index (χ3n) is 4.37. The number of hydrogen-bond acceptors (Lipinski definition) is 7. The van der Waals surface area contributed by atoms with Crippen molar-refractivity contribution in [2.24, 2.45) is 16.6 Å². The van der Waals surface area contributed by atoms with Crippen molar-refractivity contribution in [1.29, 1.82) is 0 Å². The zero-order valence-corrected chi connectivity index (χ0v) is 20.1. The lowest BCUT2D eigenvalue weighted by Crippen LogP contribution is -2.51. The van der Waals surface area contributed by atoms with Gasteiger partial charge in [-0.05, 0) is 56.6 Å². The number of amides is 2. The molecule has 2 amide bonds. The van der Waals surface area contributed by atoms with Crippen LogP contribution in [0.2, 0.25) is 0 Å². The molecule has 3 atom stereocenters. The Morgan fingerprint density at radius 2 is 1.60 bits per heavy atom. The number of thioether (sulfide) groups is 2. The Kier molecular flexibility index (Phi) is 16.3. The molecule has 0 spiro atoms. The number of nitrogens with one attached hydrogen (secondary N) is 2. The summed E-state index contributed by atoms with van der Waals surface area (Å²) in [5.41, 5.74) is 5.50. The first-order valence-electron chi connectivity index (χ1n) is 10.0. The molecule has 0 aromatic carbocycles. The van der Waals surface area contributed by atoms with E-state index in [2.05, 4.69) is 15.6 Å². The van der Waals surface area contributed by atoms with Crippen LogP contribution in [-0.4, -0.2) is 72.4 Å². The summed E-state index contributed by atoms with van der Waals surface area (Å²) in [7, 11) is 0. The van der Waals surface area contributed by atoms with E-state index in [9.17, 15) is 19.2 Å². The summed E-state index contributed by atoms with van der Waals surface area (Å²) in [6, 6.07) is -1.36. The molecule has 172 valence electrons. The summed E-state index contributed by atoms with van der Waals surface area (Å²) in [5.74, 6) is 0.654. The topological polar surface area (TPSA) is 131 Å².